The molecule has 0 aliphatic carbocycles. The topological polar surface area (TPSA) is 72.0 Å². The molecule has 1 N–H and O–H groups in total. The first-order valence-electron chi connectivity index (χ1n) is 13.0. The van der Waals surface area contributed by atoms with Crippen LogP contribution in [0.1, 0.15) is 0 Å². The molecule has 2 heterocycles. The van der Waals surface area contributed by atoms with Crippen LogP contribution in [0.3, 0.4) is 0 Å². The lowest BCUT2D eigenvalue weighted by Gasteiger charge is -2.10. The summed E-state index contributed by atoms with van der Waals surface area (Å²) in [6.07, 6.45) is 0. The molecule has 0 radical (unpaired) electrons. The summed E-state index contributed by atoms with van der Waals surface area (Å²) in [5.41, 5.74) is 8.63. The van der Waals surface area contributed by atoms with Crippen LogP contribution in [0.25, 0.3) is 67.6 Å². The molecule has 0 saturated carbocycles. The summed E-state index contributed by atoms with van der Waals surface area (Å²) in [5.74, 6) is 1.16. The van der Waals surface area contributed by atoms with Crippen molar-refractivity contribution in [1.29, 1.82) is 0 Å². The minimum Gasteiger partial charge on any atom is -0.507 e. The standard InChI is InChI=1S/C35H23N3O2/c39-32-20-19-27(21-28(32)35-38-29-13-7-8-14-33(29)40-35)23-15-17-26(18-16-23)34-36-30(24-9-3-1-4-10-24)22-31(37-34)25-11-5-2-6-12-25/h1-22,39H. The number of aromatic hydroxyl groups is 1. The number of phenolic OH excluding ortho intramolecular Hbond substituents is 1. The highest BCUT2D eigenvalue weighted by Gasteiger charge is 2.15. The molecule has 0 aliphatic rings. The number of para-hydroxylation sites is 2. The van der Waals surface area contributed by atoms with E-state index in [1.54, 1.807) is 6.07 Å². The maximum atomic E-state index is 10.6. The lowest BCUT2D eigenvalue weighted by Crippen LogP contribution is -1.95. The Balaban J connectivity index is 1.26. The van der Waals surface area contributed by atoms with E-state index >= 15 is 0 Å². The van der Waals surface area contributed by atoms with Crippen LogP contribution in [0.5, 0.6) is 5.75 Å². The summed E-state index contributed by atoms with van der Waals surface area (Å²) < 4.78 is 5.91. The zero-order chi connectivity index (χ0) is 26.9. The van der Waals surface area contributed by atoms with Gasteiger partial charge in [-0.05, 0) is 41.5 Å². The van der Waals surface area contributed by atoms with Gasteiger partial charge in [0.1, 0.15) is 11.3 Å². The molecular formula is C35H23N3O2. The fraction of sp³-hybridized carbons (Fsp3) is 0. The molecule has 0 atom stereocenters. The van der Waals surface area contributed by atoms with Crippen LogP contribution in [-0.2, 0) is 0 Å². The second kappa shape index (κ2) is 9.97. The van der Waals surface area contributed by atoms with Crippen molar-refractivity contribution in [3.8, 4) is 62.2 Å². The Bertz CT molecular complexity index is 1860. The Kier molecular flexibility index (Phi) is 5.87. The zero-order valence-electron chi connectivity index (χ0n) is 21.4. The van der Waals surface area contributed by atoms with Crippen LogP contribution in [0, 0.1) is 0 Å². The molecule has 0 saturated heterocycles. The number of phenols is 1. The van der Waals surface area contributed by atoms with E-state index in [-0.39, 0.29) is 5.75 Å². The molecule has 5 heteroatoms. The first-order chi connectivity index (χ1) is 19.7. The Morgan fingerprint density at radius 2 is 1.05 bits per heavy atom. The highest BCUT2D eigenvalue weighted by atomic mass is 16.3. The Morgan fingerprint density at radius 1 is 0.475 bits per heavy atom. The van der Waals surface area contributed by atoms with Gasteiger partial charge in [-0.3, -0.25) is 0 Å². The maximum Gasteiger partial charge on any atom is 0.231 e. The first kappa shape index (κ1) is 23.6. The quantitative estimate of drug-likeness (QED) is 0.247. The predicted molar refractivity (Wildman–Crippen MR) is 158 cm³/mol. The molecule has 0 amide bonds. The highest BCUT2D eigenvalue weighted by Crippen LogP contribution is 2.35. The van der Waals surface area contributed by atoms with Crippen LogP contribution in [0.4, 0.5) is 0 Å². The highest BCUT2D eigenvalue weighted by molar-refractivity contribution is 5.80. The second-order valence-electron chi connectivity index (χ2n) is 9.49. The Hall–Kier alpha value is -5.55. The molecule has 5 aromatic carbocycles. The summed E-state index contributed by atoms with van der Waals surface area (Å²) in [6.45, 7) is 0. The number of aromatic nitrogens is 3. The van der Waals surface area contributed by atoms with Gasteiger partial charge in [-0.25, -0.2) is 15.0 Å². The molecule has 0 bridgehead atoms. The van der Waals surface area contributed by atoms with Crippen molar-refractivity contribution in [2.24, 2.45) is 0 Å². The van der Waals surface area contributed by atoms with Crippen LogP contribution in [0.15, 0.2) is 138 Å². The summed E-state index contributed by atoms with van der Waals surface area (Å²) >= 11 is 0. The van der Waals surface area contributed by atoms with E-state index in [4.69, 9.17) is 14.4 Å². The number of hydrogen-bond acceptors (Lipinski definition) is 5. The normalized spacial score (nSPS) is 11.1. The fourth-order valence-electron chi connectivity index (χ4n) is 4.78. The van der Waals surface area contributed by atoms with E-state index in [9.17, 15) is 5.11 Å². The van der Waals surface area contributed by atoms with E-state index < -0.39 is 0 Å². The molecule has 40 heavy (non-hydrogen) atoms. The van der Waals surface area contributed by atoms with E-state index in [0.29, 0.717) is 22.9 Å². The van der Waals surface area contributed by atoms with E-state index in [0.717, 1.165) is 44.7 Å². The van der Waals surface area contributed by atoms with Crippen LogP contribution >= 0.6 is 0 Å². The summed E-state index contributed by atoms with van der Waals surface area (Å²) in [5, 5.41) is 10.6. The second-order valence-corrected chi connectivity index (χ2v) is 9.49. The average Bonchev–Trinajstić information content (AvgIpc) is 3.46. The summed E-state index contributed by atoms with van der Waals surface area (Å²) in [6, 6.07) is 43.5. The van der Waals surface area contributed by atoms with Crippen LogP contribution in [-0.4, -0.2) is 20.1 Å². The van der Waals surface area contributed by atoms with Crippen molar-refractivity contribution in [2.45, 2.75) is 0 Å². The molecule has 0 spiro atoms. The minimum absolute atomic E-state index is 0.117. The van der Waals surface area contributed by atoms with Gasteiger partial charge < -0.3 is 9.52 Å². The van der Waals surface area contributed by atoms with E-state index in [2.05, 4.69) is 29.2 Å². The third-order valence-electron chi connectivity index (χ3n) is 6.86. The first-order valence-corrected chi connectivity index (χ1v) is 13.0. The third kappa shape index (κ3) is 4.50. The minimum atomic E-state index is 0.117. The molecule has 5 nitrogen and oxygen atoms in total. The van der Waals surface area contributed by atoms with E-state index in [1.807, 2.05) is 103 Å². The van der Waals surface area contributed by atoms with Crippen molar-refractivity contribution in [1.82, 2.24) is 15.0 Å². The van der Waals surface area contributed by atoms with Crippen molar-refractivity contribution < 1.29 is 9.52 Å². The van der Waals surface area contributed by atoms with Gasteiger partial charge in [-0.1, -0.05) is 103 Å². The number of hydrogen-bond donors (Lipinski definition) is 1. The molecule has 7 aromatic rings. The number of benzene rings is 5. The fourth-order valence-corrected chi connectivity index (χ4v) is 4.78. The molecule has 0 fully saturated rings. The van der Waals surface area contributed by atoms with Gasteiger partial charge >= 0.3 is 0 Å². The Morgan fingerprint density at radius 3 is 1.70 bits per heavy atom. The number of rotatable bonds is 5. The monoisotopic (exact) mass is 517 g/mol. The smallest absolute Gasteiger partial charge is 0.231 e. The summed E-state index contributed by atoms with van der Waals surface area (Å²) in [7, 11) is 0. The van der Waals surface area contributed by atoms with Crippen LogP contribution in [0.2, 0.25) is 0 Å². The molecule has 7 rings (SSSR count). The average molecular weight is 518 g/mol. The summed E-state index contributed by atoms with van der Waals surface area (Å²) in [4.78, 5) is 14.4. The van der Waals surface area contributed by atoms with E-state index in [1.165, 1.54) is 0 Å². The lowest BCUT2D eigenvalue weighted by molar-refractivity contribution is 0.474. The van der Waals surface area contributed by atoms with Crippen molar-refractivity contribution in [3.05, 3.63) is 133 Å². The largest absolute Gasteiger partial charge is 0.507 e. The van der Waals surface area contributed by atoms with Crippen molar-refractivity contribution in [2.75, 3.05) is 0 Å². The SMILES string of the molecule is Oc1ccc(-c2ccc(-c3nc(-c4ccccc4)cc(-c4ccccc4)n3)cc2)cc1-c1nc2ccccc2o1. The van der Waals surface area contributed by atoms with Gasteiger partial charge in [-0.15, -0.1) is 0 Å². The number of fused-ring (bicyclic) bond motifs is 1. The number of nitrogens with zero attached hydrogens (tertiary/aromatic N) is 3. The number of oxazole rings is 1. The molecule has 190 valence electrons. The van der Waals surface area contributed by atoms with Gasteiger partial charge in [-0.2, -0.15) is 0 Å². The lowest BCUT2D eigenvalue weighted by atomic mass is 10.0. The zero-order valence-corrected chi connectivity index (χ0v) is 21.4. The van der Waals surface area contributed by atoms with Gasteiger partial charge in [0.15, 0.2) is 11.4 Å². The van der Waals surface area contributed by atoms with Crippen molar-refractivity contribution in [3.63, 3.8) is 0 Å². The van der Waals surface area contributed by atoms with Gasteiger partial charge in [0.05, 0.1) is 17.0 Å². The molecule has 0 aliphatic heterocycles. The molecular weight excluding hydrogens is 494 g/mol. The van der Waals surface area contributed by atoms with Crippen LogP contribution < -0.4 is 0 Å². The van der Waals surface area contributed by atoms with Crippen molar-refractivity contribution >= 4 is 11.1 Å². The van der Waals surface area contributed by atoms with Gasteiger partial charge in [0, 0.05) is 16.7 Å². The maximum absolute atomic E-state index is 10.6. The van der Waals surface area contributed by atoms with Gasteiger partial charge in [0.25, 0.3) is 0 Å². The third-order valence-corrected chi connectivity index (χ3v) is 6.86. The molecule has 2 aromatic heterocycles. The Labute approximate surface area is 231 Å². The predicted octanol–water partition coefficient (Wildman–Crippen LogP) is 8.66. The molecule has 0 unspecified atom stereocenters. The van der Waals surface area contributed by atoms with Gasteiger partial charge in [0.2, 0.25) is 5.89 Å².